The van der Waals surface area contributed by atoms with Crippen molar-refractivity contribution in [1.82, 2.24) is 0 Å². The van der Waals surface area contributed by atoms with Crippen LogP contribution in [0.25, 0.3) is 0 Å². The van der Waals surface area contributed by atoms with Crippen molar-refractivity contribution in [2.75, 3.05) is 40.6 Å². The fourth-order valence-electron chi connectivity index (χ4n) is 0.982. The van der Waals surface area contributed by atoms with Crippen molar-refractivity contribution in [3.05, 3.63) is 0 Å². The summed E-state index contributed by atoms with van der Waals surface area (Å²) >= 11 is 0. The van der Waals surface area contributed by atoms with Crippen LogP contribution in [0, 0.1) is 0 Å². The van der Waals surface area contributed by atoms with Gasteiger partial charge in [0.1, 0.15) is 0 Å². The van der Waals surface area contributed by atoms with E-state index in [1.165, 1.54) is 0 Å². The largest absolute Gasteiger partial charge is 0.382 e. The Balaban J connectivity index is 2.11. The van der Waals surface area contributed by atoms with Crippen molar-refractivity contribution in [2.45, 2.75) is 12.6 Å². The van der Waals surface area contributed by atoms with E-state index in [0.717, 1.165) is 0 Å². The van der Waals surface area contributed by atoms with Gasteiger partial charge in [-0.15, -0.1) is 0 Å². The first kappa shape index (κ1) is 10.9. The Bertz CT molecular complexity index is 130. The van der Waals surface area contributed by atoms with Crippen LogP contribution in [0.5, 0.6) is 0 Å². The molecular weight excluding hydrogens is 176 g/mol. The fraction of sp³-hybridized carbons (Fsp3) is 1.00. The normalized spacial score (nSPS) is 29.1. The van der Waals surface area contributed by atoms with E-state index in [1.807, 2.05) is 0 Å². The Kier molecular flexibility index (Phi) is 5.26. The second-order valence-corrected chi connectivity index (χ2v) is 2.63. The van der Waals surface area contributed by atoms with Crippen LogP contribution in [0.4, 0.5) is 0 Å². The molecule has 0 radical (unpaired) electrons. The number of ether oxygens (including phenoxy) is 5. The Morgan fingerprint density at radius 3 is 2.62 bits per heavy atom. The van der Waals surface area contributed by atoms with Gasteiger partial charge in [0.15, 0.2) is 12.6 Å². The molecule has 1 aliphatic rings. The summed E-state index contributed by atoms with van der Waals surface area (Å²) in [5, 5.41) is 0. The smallest absolute Gasteiger partial charge is 0.184 e. The molecule has 1 saturated heterocycles. The molecule has 0 aliphatic carbocycles. The number of methoxy groups -OCH3 is 2. The van der Waals surface area contributed by atoms with E-state index in [-0.39, 0.29) is 12.6 Å². The topological polar surface area (TPSA) is 46.2 Å². The monoisotopic (exact) mass is 192 g/mol. The van der Waals surface area contributed by atoms with E-state index >= 15 is 0 Å². The Morgan fingerprint density at radius 1 is 1.15 bits per heavy atom. The van der Waals surface area contributed by atoms with Crippen LogP contribution in [0.15, 0.2) is 0 Å². The van der Waals surface area contributed by atoms with Gasteiger partial charge in [0, 0.05) is 14.2 Å². The van der Waals surface area contributed by atoms with E-state index in [9.17, 15) is 0 Å². The molecule has 1 heterocycles. The summed E-state index contributed by atoms with van der Waals surface area (Å²) in [6.45, 7) is 1.96. The van der Waals surface area contributed by atoms with E-state index in [1.54, 1.807) is 14.2 Å². The summed E-state index contributed by atoms with van der Waals surface area (Å²) in [6.07, 6.45) is -0.657. The maximum absolute atomic E-state index is 5.36. The standard InChI is InChI=1S/C8H16O5/c1-9-3-4-12-8-6-11-5-7(10-2)13-8/h7-8H,3-6H2,1-2H3. The minimum Gasteiger partial charge on any atom is -0.382 e. The predicted molar refractivity (Wildman–Crippen MR) is 44.3 cm³/mol. The molecule has 5 heteroatoms. The van der Waals surface area contributed by atoms with Crippen LogP contribution < -0.4 is 0 Å². The van der Waals surface area contributed by atoms with Crippen molar-refractivity contribution in [2.24, 2.45) is 0 Å². The molecule has 1 fully saturated rings. The maximum Gasteiger partial charge on any atom is 0.184 e. The summed E-state index contributed by atoms with van der Waals surface area (Å²) in [5.74, 6) is 0. The van der Waals surface area contributed by atoms with Crippen molar-refractivity contribution in [3.8, 4) is 0 Å². The number of hydrogen-bond donors (Lipinski definition) is 0. The van der Waals surface area contributed by atoms with Gasteiger partial charge in [-0.3, -0.25) is 0 Å². The molecule has 0 N–H and O–H groups in total. The first-order valence-electron chi connectivity index (χ1n) is 4.23. The van der Waals surface area contributed by atoms with Crippen molar-refractivity contribution in [1.29, 1.82) is 0 Å². The summed E-state index contributed by atoms with van der Waals surface area (Å²) < 4.78 is 25.7. The molecule has 1 aliphatic heterocycles. The quantitative estimate of drug-likeness (QED) is 0.573. The Labute approximate surface area is 77.9 Å². The Morgan fingerprint density at radius 2 is 1.92 bits per heavy atom. The zero-order valence-corrected chi connectivity index (χ0v) is 8.02. The molecule has 1 rings (SSSR count). The van der Waals surface area contributed by atoms with Gasteiger partial charge in [-0.05, 0) is 0 Å². The van der Waals surface area contributed by atoms with Gasteiger partial charge in [-0.1, -0.05) is 0 Å². The van der Waals surface area contributed by atoms with Crippen LogP contribution in [0.2, 0.25) is 0 Å². The molecule has 78 valence electrons. The van der Waals surface area contributed by atoms with E-state index in [0.29, 0.717) is 26.4 Å². The van der Waals surface area contributed by atoms with Gasteiger partial charge in [-0.25, -0.2) is 0 Å². The highest BCUT2D eigenvalue weighted by Gasteiger charge is 2.22. The zero-order chi connectivity index (χ0) is 9.52. The van der Waals surface area contributed by atoms with Gasteiger partial charge in [0.05, 0.1) is 26.4 Å². The van der Waals surface area contributed by atoms with Gasteiger partial charge < -0.3 is 23.7 Å². The Hall–Kier alpha value is -0.200. The van der Waals surface area contributed by atoms with E-state index < -0.39 is 0 Å². The van der Waals surface area contributed by atoms with Crippen LogP contribution in [0.1, 0.15) is 0 Å². The van der Waals surface area contributed by atoms with Crippen LogP contribution in [-0.2, 0) is 23.7 Å². The molecule has 0 aromatic rings. The van der Waals surface area contributed by atoms with E-state index in [2.05, 4.69) is 0 Å². The highest BCUT2D eigenvalue weighted by Crippen LogP contribution is 2.09. The van der Waals surface area contributed by atoms with Crippen LogP contribution >= 0.6 is 0 Å². The van der Waals surface area contributed by atoms with Gasteiger partial charge in [0.25, 0.3) is 0 Å². The molecule has 2 atom stereocenters. The second-order valence-electron chi connectivity index (χ2n) is 2.63. The summed E-state index contributed by atoms with van der Waals surface area (Å²) in [5.41, 5.74) is 0. The van der Waals surface area contributed by atoms with Crippen molar-refractivity contribution in [3.63, 3.8) is 0 Å². The van der Waals surface area contributed by atoms with Gasteiger partial charge in [-0.2, -0.15) is 0 Å². The molecule has 2 unspecified atom stereocenters. The zero-order valence-electron chi connectivity index (χ0n) is 8.02. The van der Waals surface area contributed by atoms with Gasteiger partial charge in [0.2, 0.25) is 0 Å². The molecule has 0 amide bonds. The average Bonchev–Trinajstić information content (AvgIpc) is 2.19. The number of hydrogen-bond acceptors (Lipinski definition) is 5. The third-order valence-corrected chi connectivity index (χ3v) is 1.67. The summed E-state index contributed by atoms with van der Waals surface area (Å²) in [4.78, 5) is 0. The van der Waals surface area contributed by atoms with E-state index in [4.69, 9.17) is 23.7 Å². The molecule has 13 heavy (non-hydrogen) atoms. The molecule has 5 nitrogen and oxygen atoms in total. The lowest BCUT2D eigenvalue weighted by molar-refractivity contribution is -0.301. The molecule has 0 bridgehead atoms. The maximum atomic E-state index is 5.36. The molecule has 0 spiro atoms. The SMILES string of the molecule is COCCOC1COCC(OC)O1. The third-order valence-electron chi connectivity index (χ3n) is 1.67. The fourth-order valence-corrected chi connectivity index (χ4v) is 0.982. The molecule has 0 aromatic heterocycles. The molecular formula is C8H16O5. The van der Waals surface area contributed by atoms with Crippen LogP contribution in [0.3, 0.4) is 0 Å². The second kappa shape index (κ2) is 6.28. The van der Waals surface area contributed by atoms with Crippen molar-refractivity contribution < 1.29 is 23.7 Å². The summed E-state index contributed by atoms with van der Waals surface area (Å²) in [6, 6.07) is 0. The third kappa shape index (κ3) is 4.02. The highest BCUT2D eigenvalue weighted by atomic mass is 16.8. The highest BCUT2D eigenvalue weighted by molar-refractivity contribution is 4.53. The molecule has 0 aromatic carbocycles. The minimum atomic E-state index is -0.339. The molecule has 0 saturated carbocycles. The predicted octanol–water partition coefficient (Wildman–Crippen LogP) is -0.00520. The lowest BCUT2D eigenvalue weighted by Gasteiger charge is -2.28. The first-order chi connectivity index (χ1) is 6.36. The average molecular weight is 192 g/mol. The lowest BCUT2D eigenvalue weighted by atomic mass is 10.5. The number of rotatable bonds is 5. The lowest BCUT2D eigenvalue weighted by Crippen LogP contribution is -2.39. The van der Waals surface area contributed by atoms with Crippen LogP contribution in [-0.4, -0.2) is 53.2 Å². The van der Waals surface area contributed by atoms with Gasteiger partial charge >= 0.3 is 0 Å². The summed E-state index contributed by atoms with van der Waals surface area (Å²) in [7, 11) is 3.20. The van der Waals surface area contributed by atoms with Crippen molar-refractivity contribution >= 4 is 0 Å². The first-order valence-corrected chi connectivity index (χ1v) is 4.23. The minimum absolute atomic E-state index is 0.318.